The number of benzene rings is 1. The van der Waals surface area contributed by atoms with E-state index in [4.69, 9.17) is 9.47 Å². The van der Waals surface area contributed by atoms with Crippen molar-refractivity contribution in [2.45, 2.75) is 25.7 Å². The van der Waals surface area contributed by atoms with Gasteiger partial charge in [0, 0.05) is 6.54 Å². The molecule has 1 aromatic rings. The molecule has 0 aromatic heterocycles. The maximum absolute atomic E-state index is 11.7. The van der Waals surface area contributed by atoms with Crippen molar-refractivity contribution in [3.05, 3.63) is 24.3 Å². The molecule has 0 aliphatic carbocycles. The Balaban J connectivity index is 1.48. The van der Waals surface area contributed by atoms with Crippen LogP contribution in [0.1, 0.15) is 25.7 Å². The van der Waals surface area contributed by atoms with Gasteiger partial charge in [-0.25, -0.2) is 0 Å². The molecule has 1 saturated heterocycles. The van der Waals surface area contributed by atoms with Crippen LogP contribution in [0.2, 0.25) is 0 Å². The highest BCUT2D eigenvalue weighted by atomic mass is 16.5. The van der Waals surface area contributed by atoms with Gasteiger partial charge in [-0.1, -0.05) is 0 Å². The van der Waals surface area contributed by atoms with Gasteiger partial charge in [-0.05, 0) is 69.6 Å². The average Bonchev–Trinajstić information content (AvgIpc) is 3.18. The van der Waals surface area contributed by atoms with E-state index in [1.165, 1.54) is 25.9 Å². The molecule has 2 N–H and O–H groups in total. The molecule has 26 heavy (non-hydrogen) atoms. The van der Waals surface area contributed by atoms with Crippen LogP contribution in [0.3, 0.4) is 0 Å². The predicted molar refractivity (Wildman–Crippen MR) is 99.4 cm³/mol. The molecule has 7 nitrogen and oxygen atoms in total. The highest BCUT2D eigenvalue weighted by Crippen LogP contribution is 2.16. The SMILES string of the molecule is COc1ccc(OCC(=O)NCC(=O)NCCCCN2CCCC2)cc1. The largest absolute Gasteiger partial charge is 0.497 e. The van der Waals surface area contributed by atoms with Crippen LogP contribution in [0.5, 0.6) is 11.5 Å². The summed E-state index contributed by atoms with van der Waals surface area (Å²) in [5, 5.41) is 5.37. The summed E-state index contributed by atoms with van der Waals surface area (Å²) in [6.07, 6.45) is 4.65. The lowest BCUT2D eigenvalue weighted by atomic mass is 10.3. The van der Waals surface area contributed by atoms with Gasteiger partial charge in [-0.15, -0.1) is 0 Å². The van der Waals surface area contributed by atoms with Gasteiger partial charge in [0.1, 0.15) is 11.5 Å². The van der Waals surface area contributed by atoms with Gasteiger partial charge >= 0.3 is 0 Å². The first-order valence-corrected chi connectivity index (χ1v) is 9.20. The van der Waals surface area contributed by atoms with Crippen molar-refractivity contribution in [2.75, 3.05) is 46.4 Å². The second-order valence-electron chi connectivity index (χ2n) is 6.35. The number of carbonyl (C=O) groups excluding carboxylic acids is 2. The summed E-state index contributed by atoms with van der Waals surface area (Å²) in [5.41, 5.74) is 0. The van der Waals surface area contributed by atoms with Crippen LogP contribution in [0.25, 0.3) is 0 Å². The normalized spacial score (nSPS) is 14.0. The van der Waals surface area contributed by atoms with E-state index in [0.29, 0.717) is 12.3 Å². The minimum Gasteiger partial charge on any atom is -0.497 e. The topological polar surface area (TPSA) is 79.9 Å². The zero-order valence-corrected chi connectivity index (χ0v) is 15.5. The summed E-state index contributed by atoms with van der Waals surface area (Å²) in [4.78, 5) is 25.9. The third-order valence-corrected chi connectivity index (χ3v) is 4.30. The Kier molecular flexibility index (Phi) is 8.75. The molecular weight excluding hydrogens is 334 g/mol. The van der Waals surface area contributed by atoms with Crippen molar-refractivity contribution in [3.8, 4) is 11.5 Å². The highest BCUT2D eigenvalue weighted by Gasteiger charge is 2.10. The number of hydrogen-bond acceptors (Lipinski definition) is 5. The molecule has 1 aromatic carbocycles. The molecule has 7 heteroatoms. The molecule has 1 heterocycles. The lowest BCUT2D eigenvalue weighted by molar-refractivity contribution is -0.127. The van der Waals surface area contributed by atoms with E-state index in [2.05, 4.69) is 15.5 Å². The maximum atomic E-state index is 11.7. The Bertz CT molecular complexity index is 556. The Morgan fingerprint density at radius 2 is 1.69 bits per heavy atom. The Hall–Kier alpha value is -2.28. The Morgan fingerprint density at radius 3 is 2.38 bits per heavy atom. The van der Waals surface area contributed by atoms with Gasteiger partial charge in [0.2, 0.25) is 5.91 Å². The van der Waals surface area contributed by atoms with Crippen LogP contribution in [0, 0.1) is 0 Å². The van der Waals surface area contributed by atoms with E-state index in [1.807, 2.05) is 0 Å². The van der Waals surface area contributed by atoms with E-state index in [-0.39, 0.29) is 25.0 Å². The average molecular weight is 363 g/mol. The molecule has 144 valence electrons. The molecule has 2 amide bonds. The number of hydrogen-bond donors (Lipinski definition) is 2. The van der Waals surface area contributed by atoms with Crippen LogP contribution in [0.15, 0.2) is 24.3 Å². The first-order chi connectivity index (χ1) is 12.7. The summed E-state index contributed by atoms with van der Waals surface area (Å²) in [6, 6.07) is 6.96. The van der Waals surface area contributed by atoms with Crippen molar-refractivity contribution in [1.82, 2.24) is 15.5 Å². The number of methoxy groups -OCH3 is 1. The molecule has 0 atom stereocenters. The summed E-state index contributed by atoms with van der Waals surface area (Å²) in [5.74, 6) is 0.788. The van der Waals surface area contributed by atoms with E-state index in [0.717, 1.165) is 25.1 Å². The zero-order valence-electron chi connectivity index (χ0n) is 15.5. The highest BCUT2D eigenvalue weighted by molar-refractivity contribution is 5.85. The number of nitrogens with one attached hydrogen (secondary N) is 2. The molecule has 0 radical (unpaired) electrons. The number of likely N-dealkylation sites (tertiary alicyclic amines) is 1. The molecule has 2 rings (SSSR count). The molecule has 0 spiro atoms. The number of amides is 2. The molecule has 0 unspecified atom stereocenters. The lowest BCUT2D eigenvalue weighted by Gasteiger charge is -2.14. The van der Waals surface area contributed by atoms with E-state index < -0.39 is 0 Å². The summed E-state index contributed by atoms with van der Waals surface area (Å²) >= 11 is 0. The fourth-order valence-corrected chi connectivity index (χ4v) is 2.81. The quantitative estimate of drug-likeness (QED) is 0.577. The first kappa shape index (κ1) is 20.0. The zero-order chi connectivity index (χ0) is 18.6. The molecular formula is C19H29N3O4. The van der Waals surface area contributed by atoms with Crippen molar-refractivity contribution in [1.29, 1.82) is 0 Å². The number of unbranched alkanes of at least 4 members (excludes halogenated alkanes) is 1. The lowest BCUT2D eigenvalue weighted by Crippen LogP contribution is -2.39. The Morgan fingerprint density at radius 1 is 1.00 bits per heavy atom. The minimum absolute atomic E-state index is 0.0308. The van der Waals surface area contributed by atoms with Gasteiger partial charge in [-0.2, -0.15) is 0 Å². The number of rotatable bonds is 11. The smallest absolute Gasteiger partial charge is 0.258 e. The number of carbonyl (C=O) groups is 2. The van der Waals surface area contributed by atoms with Gasteiger partial charge in [0.25, 0.3) is 5.91 Å². The molecule has 0 bridgehead atoms. The van der Waals surface area contributed by atoms with Crippen molar-refractivity contribution in [2.24, 2.45) is 0 Å². The van der Waals surface area contributed by atoms with Crippen molar-refractivity contribution in [3.63, 3.8) is 0 Å². The second kappa shape index (κ2) is 11.4. The monoisotopic (exact) mass is 363 g/mol. The summed E-state index contributed by atoms with van der Waals surface area (Å²) in [6.45, 7) is 4.00. The number of ether oxygens (including phenoxy) is 2. The third kappa shape index (κ3) is 7.74. The van der Waals surface area contributed by atoms with Crippen LogP contribution in [0.4, 0.5) is 0 Å². The van der Waals surface area contributed by atoms with E-state index in [1.54, 1.807) is 31.4 Å². The van der Waals surface area contributed by atoms with Crippen molar-refractivity contribution >= 4 is 11.8 Å². The van der Waals surface area contributed by atoms with Gasteiger partial charge in [-0.3, -0.25) is 9.59 Å². The van der Waals surface area contributed by atoms with Gasteiger partial charge in [0.05, 0.1) is 13.7 Å². The van der Waals surface area contributed by atoms with Crippen LogP contribution in [-0.2, 0) is 9.59 Å². The van der Waals surface area contributed by atoms with Gasteiger partial charge < -0.3 is 25.0 Å². The number of nitrogens with zero attached hydrogens (tertiary/aromatic N) is 1. The van der Waals surface area contributed by atoms with E-state index >= 15 is 0 Å². The molecule has 0 saturated carbocycles. The second-order valence-corrected chi connectivity index (χ2v) is 6.35. The standard InChI is InChI=1S/C19H29N3O4/c1-25-16-6-8-17(9-7-16)26-15-19(24)21-14-18(23)20-10-2-3-11-22-12-4-5-13-22/h6-9H,2-5,10-15H2,1H3,(H,20,23)(H,21,24). The van der Waals surface area contributed by atoms with Gasteiger partial charge in [0.15, 0.2) is 6.61 Å². The van der Waals surface area contributed by atoms with Crippen molar-refractivity contribution < 1.29 is 19.1 Å². The Labute approximate surface area is 155 Å². The third-order valence-electron chi connectivity index (χ3n) is 4.30. The molecule has 1 fully saturated rings. The molecule has 1 aliphatic heterocycles. The van der Waals surface area contributed by atoms with Crippen LogP contribution >= 0.6 is 0 Å². The maximum Gasteiger partial charge on any atom is 0.258 e. The van der Waals surface area contributed by atoms with E-state index in [9.17, 15) is 9.59 Å². The minimum atomic E-state index is -0.329. The van der Waals surface area contributed by atoms with Crippen LogP contribution < -0.4 is 20.1 Å². The summed E-state index contributed by atoms with van der Waals surface area (Å²) in [7, 11) is 1.59. The fourth-order valence-electron chi connectivity index (χ4n) is 2.81. The fraction of sp³-hybridized carbons (Fsp3) is 0.579. The first-order valence-electron chi connectivity index (χ1n) is 9.20. The van der Waals surface area contributed by atoms with Crippen LogP contribution in [-0.4, -0.2) is 63.2 Å². The predicted octanol–water partition coefficient (Wildman–Crippen LogP) is 1.18. The summed E-state index contributed by atoms with van der Waals surface area (Å²) < 4.78 is 10.4. The molecule has 1 aliphatic rings.